The number of carboxylic acids is 1. The fourth-order valence-corrected chi connectivity index (χ4v) is 3.64. The largest absolute Gasteiger partial charge is 0.491 e. The molecular formula is C22H29ClO5. The predicted octanol–water partition coefficient (Wildman–Crippen LogP) is 4.22. The molecule has 1 aliphatic carbocycles. The van der Waals surface area contributed by atoms with Crippen molar-refractivity contribution in [1.82, 2.24) is 0 Å². The standard InChI is InChI=1S/C22H29ClO5/c23-17-7-5-8-19(14-17)28-15-18(24)11-12-20-16(10-13-21(20)25)6-3-1-2-4-9-22(26)27/h1,3,5,7-8,11-12,14,16,18,20-21,24-25H,2,4,6,9-10,13,15H2,(H,26,27)/t16-,18+,20+,21+/m0/s1. The second kappa shape index (κ2) is 11.9. The molecule has 28 heavy (non-hydrogen) atoms. The van der Waals surface area contributed by atoms with Crippen molar-refractivity contribution in [3.63, 3.8) is 0 Å². The predicted molar refractivity (Wildman–Crippen MR) is 110 cm³/mol. The molecule has 5 nitrogen and oxygen atoms in total. The first-order valence-corrected chi connectivity index (χ1v) is 10.1. The maximum atomic E-state index is 10.5. The van der Waals surface area contributed by atoms with Gasteiger partial charge in [0, 0.05) is 17.4 Å². The molecule has 0 bridgehead atoms. The Balaban J connectivity index is 1.77. The molecule has 0 unspecified atom stereocenters. The Labute approximate surface area is 171 Å². The molecule has 6 heteroatoms. The van der Waals surface area contributed by atoms with Crippen molar-refractivity contribution in [2.45, 2.75) is 50.7 Å². The van der Waals surface area contributed by atoms with Crippen molar-refractivity contribution in [2.75, 3.05) is 6.61 Å². The van der Waals surface area contributed by atoms with Gasteiger partial charge in [-0.05, 0) is 56.2 Å². The highest BCUT2D eigenvalue weighted by Crippen LogP contribution is 2.36. The van der Waals surface area contributed by atoms with E-state index in [0.29, 0.717) is 23.1 Å². The molecule has 1 aromatic carbocycles. The van der Waals surface area contributed by atoms with E-state index >= 15 is 0 Å². The molecule has 1 fully saturated rings. The zero-order valence-electron chi connectivity index (χ0n) is 15.9. The number of allylic oxidation sites excluding steroid dienone is 2. The molecule has 0 heterocycles. The maximum Gasteiger partial charge on any atom is 0.303 e. The van der Waals surface area contributed by atoms with E-state index < -0.39 is 18.2 Å². The molecule has 1 saturated carbocycles. The second-order valence-corrected chi connectivity index (χ2v) is 7.63. The first-order valence-electron chi connectivity index (χ1n) is 9.75. The lowest BCUT2D eigenvalue weighted by Crippen LogP contribution is -2.19. The van der Waals surface area contributed by atoms with Crippen LogP contribution < -0.4 is 4.74 Å². The van der Waals surface area contributed by atoms with E-state index in [4.69, 9.17) is 21.4 Å². The number of unbranched alkanes of at least 4 members (excludes halogenated alkanes) is 1. The molecule has 2 rings (SSSR count). The number of aliphatic carboxylic acids is 1. The fourth-order valence-electron chi connectivity index (χ4n) is 3.45. The summed E-state index contributed by atoms with van der Waals surface area (Å²) in [7, 11) is 0. The van der Waals surface area contributed by atoms with Crippen LogP contribution in [0.4, 0.5) is 0 Å². The number of aliphatic hydroxyl groups is 2. The van der Waals surface area contributed by atoms with E-state index in [1.807, 2.05) is 12.2 Å². The van der Waals surface area contributed by atoms with Crippen LogP contribution >= 0.6 is 11.6 Å². The number of carboxylic acid groups (broad SMARTS) is 1. The van der Waals surface area contributed by atoms with Crippen molar-refractivity contribution in [3.8, 4) is 5.75 Å². The average Bonchev–Trinajstić information content (AvgIpc) is 3.00. The van der Waals surface area contributed by atoms with E-state index in [1.165, 1.54) is 0 Å². The minimum absolute atomic E-state index is 0.00416. The normalized spacial score (nSPS) is 23.5. The molecule has 0 amide bonds. The smallest absolute Gasteiger partial charge is 0.303 e. The van der Waals surface area contributed by atoms with E-state index in [1.54, 1.807) is 30.3 Å². The number of hydrogen-bond donors (Lipinski definition) is 3. The lowest BCUT2D eigenvalue weighted by Gasteiger charge is -2.18. The van der Waals surface area contributed by atoms with Crippen LogP contribution in [0.5, 0.6) is 5.75 Å². The van der Waals surface area contributed by atoms with Gasteiger partial charge in [-0.3, -0.25) is 4.79 Å². The van der Waals surface area contributed by atoms with Crippen LogP contribution in [0.25, 0.3) is 0 Å². The van der Waals surface area contributed by atoms with Crippen molar-refractivity contribution in [1.29, 1.82) is 0 Å². The number of halogens is 1. The van der Waals surface area contributed by atoms with Crippen LogP contribution in [0.15, 0.2) is 48.6 Å². The lowest BCUT2D eigenvalue weighted by atomic mass is 9.91. The quantitative estimate of drug-likeness (QED) is 0.377. The van der Waals surface area contributed by atoms with Gasteiger partial charge in [-0.15, -0.1) is 0 Å². The number of aliphatic hydroxyl groups excluding tert-OH is 2. The average molecular weight is 409 g/mol. The van der Waals surface area contributed by atoms with E-state index in [-0.39, 0.29) is 18.9 Å². The molecule has 4 atom stereocenters. The van der Waals surface area contributed by atoms with Gasteiger partial charge in [0.2, 0.25) is 0 Å². The van der Waals surface area contributed by atoms with Gasteiger partial charge in [0.05, 0.1) is 6.10 Å². The molecule has 3 N–H and O–H groups in total. The van der Waals surface area contributed by atoms with Crippen molar-refractivity contribution in [3.05, 3.63) is 53.6 Å². The molecule has 1 aromatic rings. The van der Waals surface area contributed by atoms with Crippen LogP contribution in [0.2, 0.25) is 5.02 Å². The summed E-state index contributed by atoms with van der Waals surface area (Å²) in [5.41, 5.74) is 0. The van der Waals surface area contributed by atoms with Crippen molar-refractivity contribution < 1.29 is 24.9 Å². The number of benzene rings is 1. The Bertz CT molecular complexity index is 673. The molecule has 0 aliphatic heterocycles. The summed E-state index contributed by atoms with van der Waals surface area (Å²) in [6, 6.07) is 7.01. The number of ether oxygens (including phenoxy) is 1. The highest BCUT2D eigenvalue weighted by Gasteiger charge is 2.32. The first kappa shape index (κ1) is 22.5. The highest BCUT2D eigenvalue weighted by atomic mass is 35.5. The van der Waals surface area contributed by atoms with Crippen LogP contribution in [0.3, 0.4) is 0 Å². The molecule has 1 aliphatic rings. The van der Waals surface area contributed by atoms with Crippen LogP contribution in [-0.2, 0) is 4.79 Å². The van der Waals surface area contributed by atoms with Gasteiger partial charge in [-0.25, -0.2) is 0 Å². The topological polar surface area (TPSA) is 87.0 Å². The van der Waals surface area contributed by atoms with Crippen molar-refractivity contribution >= 4 is 17.6 Å². The summed E-state index contributed by atoms with van der Waals surface area (Å²) in [5.74, 6) is 0.162. The molecule has 154 valence electrons. The third kappa shape index (κ3) is 8.05. The Morgan fingerprint density at radius 1 is 1.32 bits per heavy atom. The summed E-state index contributed by atoms with van der Waals surface area (Å²) in [5, 5.41) is 29.6. The van der Waals surface area contributed by atoms with E-state index in [9.17, 15) is 15.0 Å². The summed E-state index contributed by atoms with van der Waals surface area (Å²) in [4.78, 5) is 10.5. The molecular weight excluding hydrogens is 380 g/mol. The number of carbonyl (C=O) groups is 1. The van der Waals surface area contributed by atoms with E-state index in [0.717, 1.165) is 25.7 Å². The van der Waals surface area contributed by atoms with Gasteiger partial charge >= 0.3 is 5.97 Å². The third-order valence-electron chi connectivity index (χ3n) is 4.96. The zero-order valence-corrected chi connectivity index (χ0v) is 16.7. The van der Waals surface area contributed by atoms with Gasteiger partial charge in [0.1, 0.15) is 18.5 Å². The maximum absolute atomic E-state index is 10.5. The zero-order chi connectivity index (χ0) is 20.4. The monoisotopic (exact) mass is 408 g/mol. The summed E-state index contributed by atoms with van der Waals surface area (Å²) >= 11 is 5.91. The summed E-state index contributed by atoms with van der Waals surface area (Å²) in [6.07, 6.45) is 10.6. The third-order valence-corrected chi connectivity index (χ3v) is 5.20. The van der Waals surface area contributed by atoms with Crippen molar-refractivity contribution in [2.24, 2.45) is 11.8 Å². The van der Waals surface area contributed by atoms with Gasteiger partial charge < -0.3 is 20.1 Å². The first-order chi connectivity index (χ1) is 13.5. The Morgan fingerprint density at radius 2 is 2.14 bits per heavy atom. The van der Waals surface area contributed by atoms with Crippen LogP contribution in [0.1, 0.15) is 38.5 Å². The second-order valence-electron chi connectivity index (χ2n) is 7.20. The SMILES string of the molecule is O=C(O)CCCC=CC[C@H]1CC[C@@H](O)[C@@H]1C=C[C@@H](O)COc1cccc(Cl)c1. The Hall–Kier alpha value is -1.82. The highest BCUT2D eigenvalue weighted by molar-refractivity contribution is 6.30. The molecule has 0 aromatic heterocycles. The van der Waals surface area contributed by atoms with Gasteiger partial charge in [-0.1, -0.05) is 42.0 Å². The Morgan fingerprint density at radius 3 is 2.89 bits per heavy atom. The fraction of sp³-hybridized carbons (Fsp3) is 0.500. The summed E-state index contributed by atoms with van der Waals surface area (Å²) < 4.78 is 5.54. The number of hydrogen-bond acceptors (Lipinski definition) is 4. The molecule has 0 saturated heterocycles. The minimum Gasteiger partial charge on any atom is -0.491 e. The Kier molecular flexibility index (Phi) is 9.55. The molecule has 0 spiro atoms. The van der Waals surface area contributed by atoms with Gasteiger partial charge in [0.15, 0.2) is 0 Å². The number of rotatable bonds is 11. The van der Waals surface area contributed by atoms with E-state index in [2.05, 4.69) is 6.08 Å². The van der Waals surface area contributed by atoms with Gasteiger partial charge in [0.25, 0.3) is 0 Å². The summed E-state index contributed by atoms with van der Waals surface area (Å²) in [6.45, 7) is 0.119. The molecule has 0 radical (unpaired) electrons. The lowest BCUT2D eigenvalue weighted by molar-refractivity contribution is -0.137. The van der Waals surface area contributed by atoms with Gasteiger partial charge in [-0.2, -0.15) is 0 Å². The van der Waals surface area contributed by atoms with Crippen LogP contribution in [0, 0.1) is 11.8 Å². The minimum atomic E-state index is -0.768. The van der Waals surface area contributed by atoms with Crippen LogP contribution in [-0.4, -0.2) is 40.1 Å².